The predicted molar refractivity (Wildman–Crippen MR) is 360 cm³/mol. The molecule has 0 saturated carbocycles. The summed E-state index contributed by atoms with van der Waals surface area (Å²) in [5.74, 6) is -2.39. The van der Waals surface area contributed by atoms with Crippen LogP contribution in [0.25, 0.3) is 32.7 Å². The van der Waals surface area contributed by atoms with E-state index in [4.69, 9.17) is 23.7 Å². The summed E-state index contributed by atoms with van der Waals surface area (Å²) in [7, 11) is -7.60. The summed E-state index contributed by atoms with van der Waals surface area (Å²) >= 11 is 0. The average molecular weight is 1370 g/mol. The van der Waals surface area contributed by atoms with E-state index < -0.39 is 64.7 Å². The Hall–Kier alpha value is -11.7. The van der Waals surface area contributed by atoms with Crippen molar-refractivity contribution in [3.05, 3.63) is 259 Å². The molecule has 9 aromatic carbocycles. The van der Waals surface area contributed by atoms with E-state index in [0.29, 0.717) is 44.4 Å². The highest BCUT2D eigenvalue weighted by Gasteiger charge is 2.23. The lowest BCUT2D eigenvalue weighted by atomic mass is 10.1. The minimum absolute atomic E-state index is 0.0182. The number of carbonyl (C=O) groups is 3. The van der Waals surface area contributed by atoms with Gasteiger partial charge in [-0.2, -0.15) is 0 Å². The smallest absolute Gasteiger partial charge is 0.261 e. The first-order valence-electron chi connectivity index (χ1n) is 28.8. The molecule has 0 radical (unpaired) electrons. The van der Waals surface area contributed by atoms with Crippen molar-refractivity contribution in [2.24, 2.45) is 0 Å². The second kappa shape index (κ2) is 29.3. The predicted octanol–water partition coefficient (Wildman–Crippen LogP) is 14.5. The van der Waals surface area contributed by atoms with Gasteiger partial charge in [0, 0.05) is 64.1 Å². The Morgan fingerprint density at radius 3 is 1.08 bits per heavy atom. The Morgan fingerprint density at radius 2 is 0.701 bits per heavy atom. The number of aromatic nitrogens is 3. The Morgan fingerprint density at radius 1 is 0.351 bits per heavy atom. The fourth-order valence-electron chi connectivity index (χ4n) is 9.29. The first-order valence-corrected chi connectivity index (χ1v) is 34.5. The van der Waals surface area contributed by atoms with E-state index in [1.165, 1.54) is 111 Å². The van der Waals surface area contributed by atoms with Crippen molar-refractivity contribution in [1.82, 2.24) is 15.0 Å². The van der Waals surface area contributed by atoms with Crippen LogP contribution in [0.5, 0.6) is 46.4 Å². The highest BCUT2D eigenvalue weighted by atomic mass is 32.2. The molecular formula is C71H55F3N6O14S3. The number of hydrogen-bond acceptors (Lipinski definition) is 17. The largest absolute Gasteiger partial charge is 0.494 e. The van der Waals surface area contributed by atoms with Gasteiger partial charge in [0.1, 0.15) is 39.8 Å². The number of nitrogens with one attached hydrogen (secondary N) is 3. The fraction of sp³-hybridized carbons (Fsp3) is 0.0704. The second-order valence-electron chi connectivity index (χ2n) is 21.2. The molecule has 20 nitrogen and oxygen atoms in total. The monoisotopic (exact) mass is 1370 g/mol. The molecule has 0 atom stereocenters. The van der Waals surface area contributed by atoms with E-state index in [-0.39, 0.29) is 77.7 Å². The van der Waals surface area contributed by atoms with Crippen molar-refractivity contribution in [3.63, 3.8) is 0 Å². The molecule has 0 saturated heterocycles. The Labute approximate surface area is 554 Å². The number of pyridine rings is 3. The molecule has 3 aromatic heterocycles. The van der Waals surface area contributed by atoms with E-state index >= 15 is 0 Å². The van der Waals surface area contributed by atoms with Gasteiger partial charge in [-0.1, -0.05) is 72.8 Å². The maximum atomic E-state index is 14.1. The van der Waals surface area contributed by atoms with Gasteiger partial charge in [0.15, 0.2) is 52.6 Å². The van der Waals surface area contributed by atoms with E-state index in [2.05, 4.69) is 30.9 Å². The minimum atomic E-state index is -3.45. The number of carbonyl (C=O) groups excluding carboxylic acids is 3. The average Bonchev–Trinajstić information content (AvgIpc) is 0.820. The van der Waals surface area contributed by atoms with Crippen molar-refractivity contribution in [3.8, 4) is 46.4 Å². The number of rotatable bonds is 17. The molecule has 492 valence electrons. The van der Waals surface area contributed by atoms with Crippen LogP contribution in [0, 0.1) is 17.5 Å². The van der Waals surface area contributed by atoms with E-state index in [9.17, 15) is 52.8 Å². The molecule has 0 unspecified atom stereocenters. The van der Waals surface area contributed by atoms with E-state index in [0.717, 1.165) is 36.3 Å². The van der Waals surface area contributed by atoms with Crippen LogP contribution >= 0.6 is 0 Å². The second-order valence-corrected chi connectivity index (χ2v) is 27.3. The first-order chi connectivity index (χ1) is 46.3. The number of hydrogen-bond donors (Lipinski definition) is 3. The highest BCUT2D eigenvalue weighted by Crippen LogP contribution is 2.36. The van der Waals surface area contributed by atoms with Gasteiger partial charge >= 0.3 is 0 Å². The summed E-state index contributed by atoms with van der Waals surface area (Å²) in [5.41, 5.74) is 3.02. The Kier molecular flexibility index (Phi) is 20.6. The maximum absolute atomic E-state index is 14.1. The normalized spacial score (nSPS) is 11.3. The van der Waals surface area contributed by atoms with Gasteiger partial charge < -0.3 is 39.6 Å². The molecule has 0 spiro atoms. The van der Waals surface area contributed by atoms with Crippen LogP contribution < -0.4 is 39.6 Å². The minimum Gasteiger partial charge on any atom is -0.494 e. The third-order valence-electron chi connectivity index (χ3n) is 14.1. The summed E-state index contributed by atoms with van der Waals surface area (Å²) in [6.45, 7) is 0. The quantitative estimate of drug-likeness (QED) is 0.0764. The molecule has 12 aromatic rings. The number of anilines is 3. The third kappa shape index (κ3) is 17.4. The molecule has 3 heterocycles. The van der Waals surface area contributed by atoms with E-state index in [1.807, 2.05) is 24.3 Å². The van der Waals surface area contributed by atoms with Crippen molar-refractivity contribution in [2.75, 3.05) is 48.9 Å². The number of nitrogens with zero attached hydrogens (tertiary/aromatic N) is 3. The number of para-hydroxylation sites is 3. The number of fused-ring (bicyclic) bond motifs is 3. The zero-order chi connectivity index (χ0) is 69.2. The molecular weight excluding hydrogens is 1310 g/mol. The van der Waals surface area contributed by atoms with Gasteiger partial charge in [0.25, 0.3) is 17.7 Å². The maximum Gasteiger partial charge on any atom is 0.261 e. The molecule has 0 aliphatic carbocycles. The molecule has 3 N–H and O–H groups in total. The van der Waals surface area contributed by atoms with Gasteiger partial charge in [-0.05, 0) is 140 Å². The number of benzene rings is 9. The lowest BCUT2D eigenvalue weighted by molar-refractivity contribution is 0.101. The summed E-state index contributed by atoms with van der Waals surface area (Å²) in [5, 5.41) is 10.2. The number of halogens is 3. The number of ether oxygens (including phenoxy) is 5. The number of methoxy groups -OCH3 is 2. The van der Waals surface area contributed by atoms with Crippen LogP contribution in [-0.2, 0) is 29.5 Å². The van der Waals surface area contributed by atoms with Crippen molar-refractivity contribution < 1.29 is 76.5 Å². The van der Waals surface area contributed by atoms with Gasteiger partial charge in [0.05, 0.1) is 45.5 Å². The lowest BCUT2D eigenvalue weighted by Crippen LogP contribution is -2.14. The van der Waals surface area contributed by atoms with Crippen molar-refractivity contribution >= 4 is 97.0 Å². The molecule has 97 heavy (non-hydrogen) atoms. The summed E-state index contributed by atoms with van der Waals surface area (Å²) < 4.78 is 139. The van der Waals surface area contributed by atoms with Crippen molar-refractivity contribution in [1.29, 1.82) is 0 Å². The Balaban J connectivity index is 0.000000158. The van der Waals surface area contributed by atoms with Crippen LogP contribution in [0.1, 0.15) is 31.1 Å². The van der Waals surface area contributed by atoms with Gasteiger partial charge in [0.2, 0.25) is 17.6 Å². The zero-order valence-electron chi connectivity index (χ0n) is 51.8. The lowest BCUT2D eigenvalue weighted by Gasteiger charge is -2.14. The van der Waals surface area contributed by atoms with Crippen LogP contribution in [-0.4, -0.2) is 90.9 Å². The SMILES string of the molecule is COc1cc(F)ccc1Oc1nc2ccccc2cc1C(=O)Nc1cccc(S(C)(=O)=O)c1.COc1ccc(Oc2nc3ccccc3cc2C(=O)Nc2cccc(S(C)(=O)=O)c2)cc1F.CS(=O)(=O)c1cccc(NC(=O)c2cc3ccccc3nc2Oc2ccc(F)cc2)c1. The number of amides is 3. The first kappa shape index (κ1) is 68.1. The molecule has 0 fully saturated rings. The summed E-state index contributed by atoms with van der Waals surface area (Å²) in [6, 6.07) is 57.3. The molecule has 0 aliphatic rings. The number of sulfone groups is 3. The zero-order valence-corrected chi connectivity index (χ0v) is 54.2. The van der Waals surface area contributed by atoms with Crippen LogP contribution in [0.3, 0.4) is 0 Å². The Bertz CT molecular complexity index is 5380. The fourth-order valence-corrected chi connectivity index (χ4v) is 11.3. The highest BCUT2D eigenvalue weighted by molar-refractivity contribution is 7.91. The van der Waals surface area contributed by atoms with Crippen LogP contribution in [0.4, 0.5) is 30.2 Å². The molecule has 26 heteroatoms. The van der Waals surface area contributed by atoms with Gasteiger partial charge in [-0.3, -0.25) is 14.4 Å². The summed E-state index contributed by atoms with van der Waals surface area (Å²) in [4.78, 5) is 52.9. The molecule has 3 amide bonds. The molecule has 12 rings (SSSR count). The third-order valence-corrected chi connectivity index (χ3v) is 17.4. The standard InChI is InChI=1S/2C24H19FN2O5S.C23H17FN2O4S/c1-31-22-13-16(25)10-11-21(22)32-24-19(12-15-6-3-4-9-20(15)27-24)23(28)26-17-7-5-8-18(14-17)33(2,29)30;1-31-22-11-10-17(14-20(22)25)32-24-19(12-15-6-3-4-9-21(15)27-24)23(28)26-16-7-5-8-18(13-16)33(2,29)30;1-31(28,29)19-7-4-6-17(14-19)25-22(27)20-13-15-5-2-3-8-21(15)26-23(20)30-18-11-9-16(24)10-12-18/h2*3-14H,1-2H3,(H,26,28);2-14H,1H3,(H,25,27). The summed E-state index contributed by atoms with van der Waals surface area (Å²) in [6.07, 6.45) is 3.26. The molecule has 0 bridgehead atoms. The van der Waals surface area contributed by atoms with Gasteiger partial charge in [-0.25, -0.2) is 53.4 Å². The topological polar surface area (TPSA) is 275 Å². The van der Waals surface area contributed by atoms with Gasteiger partial charge in [-0.15, -0.1) is 0 Å². The van der Waals surface area contributed by atoms with Crippen LogP contribution in [0.2, 0.25) is 0 Å². The van der Waals surface area contributed by atoms with Crippen molar-refractivity contribution in [2.45, 2.75) is 14.7 Å². The van der Waals surface area contributed by atoms with E-state index in [1.54, 1.807) is 91.0 Å². The van der Waals surface area contributed by atoms with Crippen LogP contribution in [0.15, 0.2) is 239 Å². The molecule has 0 aliphatic heterocycles.